The number of hydrogen-bond donors (Lipinski definition) is 2. The topological polar surface area (TPSA) is 67.4 Å². The van der Waals surface area contributed by atoms with Crippen LogP contribution in [0.1, 0.15) is 33.2 Å². The zero-order valence-electron chi connectivity index (χ0n) is 15.6. The number of nitrogens with one attached hydrogen (secondary N) is 2. The van der Waals surface area contributed by atoms with E-state index in [-0.39, 0.29) is 11.8 Å². The Morgan fingerprint density at radius 2 is 1.57 bits per heavy atom. The average Bonchev–Trinajstić information content (AvgIpc) is 2.74. The zero-order valence-corrected chi connectivity index (χ0v) is 15.6. The SMILES string of the molecule is CCNC(=O)c1cccc(NC(=O)c2ccc(OCc3ccccc3)cc2)c1. The molecule has 0 radical (unpaired) electrons. The minimum absolute atomic E-state index is 0.168. The molecule has 0 unspecified atom stereocenters. The van der Waals surface area contributed by atoms with Crippen LogP contribution in [0, 0.1) is 0 Å². The first kappa shape index (κ1) is 19.2. The number of hydrogen-bond acceptors (Lipinski definition) is 3. The predicted molar refractivity (Wildman–Crippen MR) is 110 cm³/mol. The molecule has 142 valence electrons. The highest BCUT2D eigenvalue weighted by molar-refractivity contribution is 6.05. The molecular formula is C23H22N2O3. The zero-order chi connectivity index (χ0) is 19.8. The van der Waals surface area contributed by atoms with Crippen LogP contribution >= 0.6 is 0 Å². The van der Waals surface area contributed by atoms with Gasteiger partial charge in [-0.2, -0.15) is 0 Å². The summed E-state index contributed by atoms with van der Waals surface area (Å²) in [6.07, 6.45) is 0. The van der Waals surface area contributed by atoms with Crippen molar-refractivity contribution >= 4 is 17.5 Å². The van der Waals surface area contributed by atoms with E-state index in [1.54, 1.807) is 48.5 Å². The second kappa shape index (κ2) is 9.37. The van der Waals surface area contributed by atoms with E-state index in [1.807, 2.05) is 37.3 Å². The van der Waals surface area contributed by atoms with Crippen LogP contribution in [-0.4, -0.2) is 18.4 Å². The van der Waals surface area contributed by atoms with Crippen molar-refractivity contribution in [2.75, 3.05) is 11.9 Å². The normalized spacial score (nSPS) is 10.2. The van der Waals surface area contributed by atoms with Crippen molar-refractivity contribution < 1.29 is 14.3 Å². The molecule has 0 heterocycles. The lowest BCUT2D eigenvalue weighted by Gasteiger charge is -2.09. The van der Waals surface area contributed by atoms with E-state index in [0.717, 1.165) is 5.56 Å². The van der Waals surface area contributed by atoms with Crippen LogP contribution < -0.4 is 15.4 Å². The van der Waals surface area contributed by atoms with Crippen molar-refractivity contribution in [2.24, 2.45) is 0 Å². The molecule has 0 aliphatic carbocycles. The maximum atomic E-state index is 12.5. The fraction of sp³-hybridized carbons (Fsp3) is 0.130. The molecule has 0 aliphatic heterocycles. The van der Waals surface area contributed by atoms with Crippen LogP contribution in [0.15, 0.2) is 78.9 Å². The fourth-order valence-electron chi connectivity index (χ4n) is 2.65. The fourth-order valence-corrected chi connectivity index (χ4v) is 2.65. The molecule has 0 saturated carbocycles. The van der Waals surface area contributed by atoms with Crippen molar-refractivity contribution in [1.82, 2.24) is 5.32 Å². The number of anilines is 1. The van der Waals surface area contributed by atoms with Gasteiger partial charge in [0, 0.05) is 23.4 Å². The summed E-state index contributed by atoms with van der Waals surface area (Å²) >= 11 is 0. The lowest BCUT2D eigenvalue weighted by atomic mass is 10.1. The quantitative estimate of drug-likeness (QED) is 0.649. The van der Waals surface area contributed by atoms with Crippen molar-refractivity contribution in [2.45, 2.75) is 13.5 Å². The Kier molecular flexibility index (Phi) is 6.41. The van der Waals surface area contributed by atoms with E-state index in [4.69, 9.17) is 4.74 Å². The van der Waals surface area contributed by atoms with E-state index in [2.05, 4.69) is 10.6 Å². The lowest BCUT2D eigenvalue weighted by molar-refractivity contribution is 0.0954. The summed E-state index contributed by atoms with van der Waals surface area (Å²) in [4.78, 5) is 24.4. The standard InChI is InChI=1S/C23H22N2O3/c1-2-24-22(26)19-9-6-10-20(15-19)25-23(27)18-11-13-21(14-12-18)28-16-17-7-4-3-5-8-17/h3-15H,2,16H2,1H3,(H,24,26)(H,25,27). The Balaban J connectivity index is 1.60. The third-order valence-electron chi connectivity index (χ3n) is 4.08. The van der Waals surface area contributed by atoms with Gasteiger partial charge in [0.2, 0.25) is 0 Å². The maximum absolute atomic E-state index is 12.5. The van der Waals surface area contributed by atoms with Gasteiger partial charge in [0.05, 0.1) is 0 Å². The Hall–Kier alpha value is -3.60. The summed E-state index contributed by atoms with van der Waals surface area (Å²) in [5, 5.41) is 5.55. The second-order valence-corrected chi connectivity index (χ2v) is 6.19. The van der Waals surface area contributed by atoms with E-state index in [1.165, 1.54) is 0 Å². The molecule has 28 heavy (non-hydrogen) atoms. The first-order chi connectivity index (χ1) is 13.7. The number of rotatable bonds is 7. The molecule has 0 bridgehead atoms. The molecule has 0 aliphatic rings. The van der Waals surface area contributed by atoms with E-state index >= 15 is 0 Å². The third-order valence-corrected chi connectivity index (χ3v) is 4.08. The summed E-state index contributed by atoms with van der Waals surface area (Å²) in [5.41, 5.74) is 2.66. The average molecular weight is 374 g/mol. The summed E-state index contributed by atoms with van der Waals surface area (Å²) in [6.45, 7) is 2.88. The molecule has 3 rings (SSSR count). The van der Waals surface area contributed by atoms with Crippen LogP contribution in [0.2, 0.25) is 0 Å². The number of carbonyl (C=O) groups is 2. The Bertz CT molecular complexity index is 938. The summed E-state index contributed by atoms with van der Waals surface area (Å²) in [6, 6.07) is 23.7. The Morgan fingerprint density at radius 3 is 2.29 bits per heavy atom. The van der Waals surface area contributed by atoms with Crippen molar-refractivity contribution in [1.29, 1.82) is 0 Å². The molecule has 0 atom stereocenters. The van der Waals surface area contributed by atoms with Gasteiger partial charge < -0.3 is 15.4 Å². The molecule has 2 amide bonds. The molecule has 0 aromatic heterocycles. The van der Waals surface area contributed by atoms with Crippen LogP contribution in [0.3, 0.4) is 0 Å². The molecule has 2 N–H and O–H groups in total. The van der Waals surface area contributed by atoms with Crippen LogP contribution in [0.4, 0.5) is 5.69 Å². The second-order valence-electron chi connectivity index (χ2n) is 6.19. The van der Waals surface area contributed by atoms with Crippen LogP contribution in [-0.2, 0) is 6.61 Å². The van der Waals surface area contributed by atoms with Crippen molar-refractivity contribution in [3.05, 3.63) is 95.6 Å². The van der Waals surface area contributed by atoms with E-state index < -0.39 is 0 Å². The van der Waals surface area contributed by atoms with E-state index in [0.29, 0.717) is 35.7 Å². The van der Waals surface area contributed by atoms with Gasteiger partial charge in [-0.1, -0.05) is 36.4 Å². The lowest BCUT2D eigenvalue weighted by Crippen LogP contribution is -2.22. The number of benzene rings is 3. The van der Waals surface area contributed by atoms with Gasteiger partial charge in [-0.3, -0.25) is 9.59 Å². The number of carbonyl (C=O) groups excluding carboxylic acids is 2. The molecule has 0 spiro atoms. The first-order valence-corrected chi connectivity index (χ1v) is 9.12. The van der Waals surface area contributed by atoms with Crippen LogP contribution in [0.5, 0.6) is 5.75 Å². The Morgan fingerprint density at radius 1 is 0.821 bits per heavy atom. The number of ether oxygens (including phenoxy) is 1. The highest BCUT2D eigenvalue weighted by Crippen LogP contribution is 2.16. The van der Waals surface area contributed by atoms with Gasteiger partial charge in [0.1, 0.15) is 12.4 Å². The monoisotopic (exact) mass is 374 g/mol. The van der Waals surface area contributed by atoms with Gasteiger partial charge in [0.15, 0.2) is 0 Å². The van der Waals surface area contributed by atoms with Crippen molar-refractivity contribution in [3.63, 3.8) is 0 Å². The smallest absolute Gasteiger partial charge is 0.255 e. The minimum Gasteiger partial charge on any atom is -0.489 e. The summed E-state index contributed by atoms with van der Waals surface area (Å²) in [7, 11) is 0. The molecule has 0 fully saturated rings. The molecule has 5 nitrogen and oxygen atoms in total. The Labute approximate surface area is 164 Å². The minimum atomic E-state index is -0.248. The molecular weight excluding hydrogens is 352 g/mol. The predicted octanol–water partition coefficient (Wildman–Crippen LogP) is 4.27. The largest absolute Gasteiger partial charge is 0.489 e. The van der Waals surface area contributed by atoms with Gasteiger partial charge in [0.25, 0.3) is 11.8 Å². The van der Waals surface area contributed by atoms with Crippen LogP contribution in [0.25, 0.3) is 0 Å². The molecule has 5 heteroatoms. The molecule has 0 saturated heterocycles. The molecule has 3 aromatic carbocycles. The van der Waals surface area contributed by atoms with Gasteiger partial charge in [-0.15, -0.1) is 0 Å². The summed E-state index contributed by atoms with van der Waals surface area (Å²) < 4.78 is 5.73. The van der Waals surface area contributed by atoms with E-state index in [9.17, 15) is 9.59 Å². The maximum Gasteiger partial charge on any atom is 0.255 e. The highest BCUT2D eigenvalue weighted by atomic mass is 16.5. The highest BCUT2D eigenvalue weighted by Gasteiger charge is 2.09. The molecule has 3 aromatic rings. The summed E-state index contributed by atoms with van der Waals surface area (Å²) in [5.74, 6) is 0.278. The van der Waals surface area contributed by atoms with Gasteiger partial charge >= 0.3 is 0 Å². The van der Waals surface area contributed by atoms with Gasteiger partial charge in [-0.25, -0.2) is 0 Å². The van der Waals surface area contributed by atoms with Crippen molar-refractivity contribution in [3.8, 4) is 5.75 Å². The number of amides is 2. The third kappa shape index (κ3) is 5.20. The van der Waals surface area contributed by atoms with Gasteiger partial charge in [-0.05, 0) is 55.0 Å². The first-order valence-electron chi connectivity index (χ1n) is 9.12.